The van der Waals surface area contributed by atoms with Crippen molar-refractivity contribution in [1.29, 1.82) is 0 Å². The Kier molecular flexibility index (Phi) is 5.54. The van der Waals surface area contributed by atoms with Crippen molar-refractivity contribution in [2.24, 2.45) is 7.05 Å². The second-order valence-corrected chi connectivity index (χ2v) is 7.13. The maximum atomic E-state index is 13.0. The fraction of sp³-hybridized carbons (Fsp3) is 0.136. The van der Waals surface area contributed by atoms with Crippen LogP contribution in [0.1, 0.15) is 27.9 Å². The molecule has 0 saturated carbocycles. The van der Waals surface area contributed by atoms with Gasteiger partial charge in [0, 0.05) is 25.0 Å². The highest BCUT2D eigenvalue weighted by atomic mass is 35.5. The molecule has 0 aliphatic carbocycles. The number of ether oxygens (including phenoxy) is 1. The Morgan fingerprint density at radius 1 is 1.20 bits per heavy atom. The number of carbonyl (C=O) groups excluding carboxylic acids is 1. The Labute approximate surface area is 178 Å². The zero-order chi connectivity index (χ0) is 21.1. The van der Waals surface area contributed by atoms with E-state index >= 15 is 0 Å². The number of benzene rings is 2. The molecule has 152 valence electrons. The van der Waals surface area contributed by atoms with Crippen LogP contribution in [0.15, 0.2) is 67.0 Å². The molecule has 8 heteroatoms. The first-order valence-corrected chi connectivity index (χ1v) is 9.67. The maximum absolute atomic E-state index is 13.0. The molecule has 7 nitrogen and oxygen atoms in total. The van der Waals surface area contributed by atoms with Crippen LogP contribution in [-0.4, -0.2) is 32.8 Å². The van der Waals surface area contributed by atoms with Gasteiger partial charge in [0.1, 0.15) is 23.3 Å². The van der Waals surface area contributed by atoms with Gasteiger partial charge in [0.2, 0.25) is 0 Å². The standard InChI is InChI=1S/C22H20ClN5O2/c1-28-12-11-24-21(28)20(14-7-9-15(30-2)10-8-14)25-22(29)19-13-18(26-27-19)16-5-3-4-6-17(16)23/h3-13,20H,1-2H3,(H,25,29)(H,26,27). The number of nitrogens with zero attached hydrogens (tertiary/aromatic N) is 3. The first-order valence-electron chi connectivity index (χ1n) is 9.29. The van der Waals surface area contributed by atoms with Gasteiger partial charge in [0.15, 0.2) is 0 Å². The van der Waals surface area contributed by atoms with E-state index in [1.807, 2.05) is 60.3 Å². The molecule has 0 spiro atoms. The second-order valence-electron chi connectivity index (χ2n) is 6.72. The number of H-pyrrole nitrogens is 1. The lowest BCUT2D eigenvalue weighted by atomic mass is 10.1. The average molecular weight is 422 g/mol. The Balaban J connectivity index is 1.62. The van der Waals surface area contributed by atoms with Crippen LogP contribution in [0.3, 0.4) is 0 Å². The molecule has 2 aromatic heterocycles. The van der Waals surface area contributed by atoms with Crippen molar-refractivity contribution in [3.05, 3.63) is 89.1 Å². The van der Waals surface area contributed by atoms with Gasteiger partial charge < -0.3 is 14.6 Å². The summed E-state index contributed by atoms with van der Waals surface area (Å²) in [5, 5.41) is 10.7. The van der Waals surface area contributed by atoms with E-state index < -0.39 is 6.04 Å². The lowest BCUT2D eigenvalue weighted by Gasteiger charge is -2.19. The zero-order valence-electron chi connectivity index (χ0n) is 16.5. The molecule has 0 aliphatic heterocycles. The van der Waals surface area contributed by atoms with Crippen molar-refractivity contribution in [3.63, 3.8) is 0 Å². The van der Waals surface area contributed by atoms with Crippen LogP contribution in [0.2, 0.25) is 5.02 Å². The van der Waals surface area contributed by atoms with Crippen molar-refractivity contribution < 1.29 is 9.53 Å². The molecule has 0 radical (unpaired) electrons. The van der Waals surface area contributed by atoms with Crippen LogP contribution in [0.4, 0.5) is 0 Å². The van der Waals surface area contributed by atoms with Crippen LogP contribution in [-0.2, 0) is 7.05 Å². The van der Waals surface area contributed by atoms with E-state index in [0.29, 0.717) is 22.2 Å². The summed E-state index contributed by atoms with van der Waals surface area (Å²) in [5.41, 5.74) is 2.57. The molecule has 0 saturated heterocycles. The Bertz CT molecular complexity index is 1170. The van der Waals surface area contributed by atoms with Crippen LogP contribution >= 0.6 is 11.6 Å². The Hall–Kier alpha value is -3.58. The van der Waals surface area contributed by atoms with E-state index in [2.05, 4.69) is 20.5 Å². The van der Waals surface area contributed by atoms with E-state index in [1.165, 1.54) is 0 Å². The molecule has 0 bridgehead atoms. The minimum absolute atomic E-state index is 0.301. The third-order valence-electron chi connectivity index (χ3n) is 4.81. The summed E-state index contributed by atoms with van der Waals surface area (Å²) in [4.78, 5) is 17.4. The van der Waals surface area contributed by atoms with E-state index in [9.17, 15) is 4.79 Å². The van der Waals surface area contributed by atoms with Gasteiger partial charge in [-0.15, -0.1) is 0 Å². The van der Waals surface area contributed by atoms with Crippen LogP contribution in [0.25, 0.3) is 11.3 Å². The van der Waals surface area contributed by atoms with E-state index in [-0.39, 0.29) is 5.91 Å². The molecule has 4 aromatic rings. The van der Waals surface area contributed by atoms with Gasteiger partial charge in [-0.25, -0.2) is 4.98 Å². The number of methoxy groups -OCH3 is 1. The first-order chi connectivity index (χ1) is 14.6. The zero-order valence-corrected chi connectivity index (χ0v) is 17.2. The maximum Gasteiger partial charge on any atom is 0.270 e. The molecule has 1 unspecified atom stereocenters. The minimum Gasteiger partial charge on any atom is -0.497 e. The van der Waals surface area contributed by atoms with Gasteiger partial charge in [0.05, 0.1) is 17.8 Å². The molecule has 2 N–H and O–H groups in total. The predicted octanol–water partition coefficient (Wildman–Crippen LogP) is 3.99. The number of imidazole rings is 1. The quantitative estimate of drug-likeness (QED) is 0.493. The van der Waals surface area contributed by atoms with Gasteiger partial charge in [-0.1, -0.05) is 41.9 Å². The largest absolute Gasteiger partial charge is 0.497 e. The number of carbonyl (C=O) groups is 1. The van der Waals surface area contributed by atoms with E-state index in [4.69, 9.17) is 16.3 Å². The third-order valence-corrected chi connectivity index (χ3v) is 5.14. The molecule has 0 aliphatic rings. The Morgan fingerprint density at radius 2 is 1.97 bits per heavy atom. The van der Waals surface area contributed by atoms with E-state index in [0.717, 1.165) is 16.9 Å². The van der Waals surface area contributed by atoms with Gasteiger partial charge >= 0.3 is 0 Å². The van der Waals surface area contributed by atoms with Crippen molar-refractivity contribution in [2.45, 2.75) is 6.04 Å². The number of aromatic amines is 1. The molecule has 2 aromatic carbocycles. The Morgan fingerprint density at radius 3 is 2.63 bits per heavy atom. The van der Waals surface area contributed by atoms with Crippen molar-refractivity contribution in [1.82, 2.24) is 25.1 Å². The van der Waals surface area contributed by atoms with Crippen LogP contribution < -0.4 is 10.1 Å². The van der Waals surface area contributed by atoms with Gasteiger partial charge in [-0.2, -0.15) is 5.10 Å². The number of aryl methyl sites for hydroxylation is 1. The lowest BCUT2D eigenvalue weighted by Crippen LogP contribution is -2.31. The highest BCUT2D eigenvalue weighted by Crippen LogP contribution is 2.27. The monoisotopic (exact) mass is 421 g/mol. The molecule has 2 heterocycles. The summed E-state index contributed by atoms with van der Waals surface area (Å²) in [6.07, 6.45) is 3.54. The normalized spacial score (nSPS) is 11.8. The smallest absolute Gasteiger partial charge is 0.270 e. The van der Waals surface area contributed by atoms with Crippen LogP contribution in [0, 0.1) is 0 Å². The summed E-state index contributed by atoms with van der Waals surface area (Å²) in [5.74, 6) is 1.14. The molecule has 4 rings (SSSR count). The first kappa shape index (κ1) is 19.7. The molecule has 0 fully saturated rings. The van der Waals surface area contributed by atoms with Crippen LogP contribution in [0.5, 0.6) is 5.75 Å². The van der Waals surface area contributed by atoms with Crippen molar-refractivity contribution in [3.8, 4) is 17.0 Å². The predicted molar refractivity (Wildman–Crippen MR) is 115 cm³/mol. The molecule has 1 atom stereocenters. The topological polar surface area (TPSA) is 84.8 Å². The average Bonchev–Trinajstić information content (AvgIpc) is 3.42. The fourth-order valence-corrected chi connectivity index (χ4v) is 3.43. The summed E-state index contributed by atoms with van der Waals surface area (Å²) in [6, 6.07) is 16.1. The number of halogens is 1. The molecule has 1 amide bonds. The van der Waals surface area contributed by atoms with Crippen molar-refractivity contribution in [2.75, 3.05) is 7.11 Å². The lowest BCUT2D eigenvalue weighted by molar-refractivity contribution is 0.0936. The van der Waals surface area contributed by atoms with Gasteiger partial charge in [-0.05, 0) is 29.8 Å². The number of nitrogens with one attached hydrogen (secondary N) is 2. The van der Waals surface area contributed by atoms with Gasteiger partial charge in [0.25, 0.3) is 5.91 Å². The summed E-state index contributed by atoms with van der Waals surface area (Å²) in [7, 11) is 3.50. The highest BCUT2D eigenvalue weighted by molar-refractivity contribution is 6.33. The molecular formula is C22H20ClN5O2. The molecular weight excluding hydrogens is 402 g/mol. The number of hydrogen-bond acceptors (Lipinski definition) is 4. The fourth-order valence-electron chi connectivity index (χ4n) is 3.20. The number of aromatic nitrogens is 4. The molecule has 30 heavy (non-hydrogen) atoms. The van der Waals surface area contributed by atoms with E-state index in [1.54, 1.807) is 25.4 Å². The van der Waals surface area contributed by atoms with Gasteiger partial charge in [-0.3, -0.25) is 9.89 Å². The highest BCUT2D eigenvalue weighted by Gasteiger charge is 2.23. The number of amides is 1. The summed E-state index contributed by atoms with van der Waals surface area (Å²) in [6.45, 7) is 0. The minimum atomic E-state index is -0.449. The third kappa shape index (κ3) is 3.92. The summed E-state index contributed by atoms with van der Waals surface area (Å²) < 4.78 is 7.11. The second kappa shape index (κ2) is 8.42. The summed E-state index contributed by atoms with van der Waals surface area (Å²) >= 11 is 6.25. The SMILES string of the molecule is COc1ccc(C(NC(=O)c2cc(-c3ccccc3Cl)n[nH]2)c2nccn2C)cc1. The number of rotatable bonds is 6. The number of hydrogen-bond donors (Lipinski definition) is 2. The van der Waals surface area contributed by atoms with Crippen molar-refractivity contribution >= 4 is 17.5 Å².